The van der Waals surface area contributed by atoms with Gasteiger partial charge in [0, 0.05) is 39.9 Å². The molecule has 0 radical (unpaired) electrons. The van der Waals surface area contributed by atoms with E-state index in [4.69, 9.17) is 16.6 Å². The molecule has 0 unspecified atom stereocenters. The summed E-state index contributed by atoms with van der Waals surface area (Å²) in [4.78, 5) is 16.0. The first-order valence-electron chi connectivity index (χ1n) is 9.41. The van der Waals surface area contributed by atoms with Gasteiger partial charge in [-0.25, -0.2) is 4.98 Å². The van der Waals surface area contributed by atoms with Crippen LogP contribution < -0.4 is 0 Å². The Hall–Kier alpha value is -3.37. The van der Waals surface area contributed by atoms with Crippen molar-refractivity contribution in [3.05, 3.63) is 94.8 Å². The number of aromatic nitrogens is 3. The lowest BCUT2D eigenvalue weighted by molar-refractivity contribution is 0.112. The van der Waals surface area contributed by atoms with Crippen LogP contribution in [0.1, 0.15) is 21.6 Å². The zero-order chi connectivity index (χ0) is 20.0. The molecule has 3 aromatic heterocycles. The van der Waals surface area contributed by atoms with Gasteiger partial charge in [-0.1, -0.05) is 41.9 Å². The van der Waals surface area contributed by atoms with Crippen LogP contribution in [0.15, 0.2) is 72.9 Å². The monoisotopic (exact) mass is 399 g/mol. The predicted molar refractivity (Wildman–Crippen MR) is 117 cm³/mol. The Morgan fingerprint density at radius 1 is 1.03 bits per heavy atom. The largest absolute Gasteiger partial charge is 0.335 e. The second kappa shape index (κ2) is 6.90. The molecule has 0 amide bonds. The van der Waals surface area contributed by atoms with Crippen molar-refractivity contribution < 1.29 is 4.79 Å². The number of carbonyl (C=O) groups excluding carboxylic acids is 1. The second-order valence-electron chi connectivity index (χ2n) is 7.15. The van der Waals surface area contributed by atoms with Crippen molar-refractivity contribution in [1.82, 2.24) is 14.0 Å². The van der Waals surface area contributed by atoms with E-state index in [0.29, 0.717) is 12.1 Å². The highest BCUT2D eigenvalue weighted by atomic mass is 35.5. The maximum atomic E-state index is 11.2. The van der Waals surface area contributed by atoms with Crippen LogP contribution in [0.25, 0.3) is 27.9 Å². The van der Waals surface area contributed by atoms with E-state index in [0.717, 1.165) is 39.6 Å². The number of benzene rings is 2. The molecule has 0 saturated carbocycles. The average molecular weight is 400 g/mol. The van der Waals surface area contributed by atoms with Gasteiger partial charge in [0.05, 0.1) is 5.69 Å². The average Bonchev–Trinajstić information content (AvgIpc) is 3.27. The first kappa shape index (κ1) is 17.7. The topological polar surface area (TPSA) is 39.3 Å². The number of aldehydes is 1. The minimum Gasteiger partial charge on any atom is -0.335 e. The Bertz CT molecular complexity index is 1360. The quantitative estimate of drug-likeness (QED) is 0.359. The molecule has 0 atom stereocenters. The summed E-state index contributed by atoms with van der Waals surface area (Å²) >= 11 is 6.06. The third-order valence-corrected chi connectivity index (χ3v) is 5.58. The molecule has 5 rings (SSSR count). The first-order valence-corrected chi connectivity index (χ1v) is 9.79. The molecule has 4 nitrogen and oxygen atoms in total. The minimum atomic E-state index is 0.621. The molecular weight excluding hydrogens is 382 g/mol. The molecule has 0 spiro atoms. The number of nitrogens with zero attached hydrogens (tertiary/aromatic N) is 3. The molecule has 0 fully saturated rings. The number of hydrogen-bond donors (Lipinski definition) is 0. The molecular formula is C24H18ClN3O. The van der Waals surface area contributed by atoms with E-state index in [1.165, 1.54) is 10.9 Å². The zero-order valence-electron chi connectivity index (χ0n) is 15.8. The molecule has 0 N–H and O–H groups in total. The fourth-order valence-electron chi connectivity index (χ4n) is 3.85. The predicted octanol–water partition coefficient (Wildman–Crippen LogP) is 5.78. The van der Waals surface area contributed by atoms with Crippen molar-refractivity contribution in [3.63, 3.8) is 0 Å². The van der Waals surface area contributed by atoms with Gasteiger partial charge in [0.15, 0.2) is 0 Å². The summed E-state index contributed by atoms with van der Waals surface area (Å²) in [5, 5.41) is 1.90. The van der Waals surface area contributed by atoms with Gasteiger partial charge in [-0.2, -0.15) is 0 Å². The van der Waals surface area contributed by atoms with Crippen molar-refractivity contribution in [1.29, 1.82) is 0 Å². The van der Waals surface area contributed by atoms with Crippen molar-refractivity contribution in [2.45, 2.75) is 13.5 Å². The van der Waals surface area contributed by atoms with E-state index in [9.17, 15) is 4.79 Å². The Labute approximate surface area is 173 Å². The summed E-state index contributed by atoms with van der Waals surface area (Å²) in [7, 11) is 0. The van der Waals surface area contributed by atoms with Gasteiger partial charge >= 0.3 is 0 Å². The van der Waals surface area contributed by atoms with E-state index in [1.54, 1.807) is 0 Å². The van der Waals surface area contributed by atoms with Crippen molar-refractivity contribution in [3.8, 4) is 11.4 Å². The van der Waals surface area contributed by atoms with Gasteiger partial charge < -0.3 is 8.97 Å². The van der Waals surface area contributed by atoms with E-state index < -0.39 is 0 Å². The number of aryl methyl sites for hydroxylation is 1. The van der Waals surface area contributed by atoms with Crippen LogP contribution in [0.4, 0.5) is 0 Å². The lowest BCUT2D eigenvalue weighted by Crippen LogP contribution is -2.02. The Balaban J connectivity index is 1.72. The van der Waals surface area contributed by atoms with Crippen LogP contribution in [0.5, 0.6) is 0 Å². The maximum absolute atomic E-state index is 11.2. The molecule has 3 heterocycles. The molecule has 0 saturated heterocycles. The molecule has 0 aliphatic carbocycles. The number of para-hydroxylation sites is 1. The van der Waals surface area contributed by atoms with E-state index in [2.05, 4.69) is 35.8 Å². The molecule has 5 heteroatoms. The third-order valence-electron chi connectivity index (χ3n) is 5.33. The minimum absolute atomic E-state index is 0.621. The lowest BCUT2D eigenvalue weighted by Gasteiger charge is -2.11. The smallest absolute Gasteiger partial charge is 0.150 e. The summed E-state index contributed by atoms with van der Waals surface area (Å²) in [6.45, 7) is 2.77. The Kier molecular flexibility index (Phi) is 4.22. The molecule has 2 aromatic carbocycles. The fourth-order valence-corrected chi connectivity index (χ4v) is 3.97. The van der Waals surface area contributed by atoms with Gasteiger partial charge in [-0.05, 0) is 48.9 Å². The maximum Gasteiger partial charge on any atom is 0.150 e. The summed E-state index contributed by atoms with van der Waals surface area (Å²) < 4.78 is 4.31. The summed E-state index contributed by atoms with van der Waals surface area (Å²) in [5.41, 5.74) is 6.72. The number of halogens is 1. The van der Waals surface area contributed by atoms with Crippen LogP contribution in [0.2, 0.25) is 5.02 Å². The SMILES string of the molecule is Cc1c(-c2cc3ccccc3n2Cc2ccc(Cl)cc2)nc2cc(C=O)ccn12. The zero-order valence-corrected chi connectivity index (χ0v) is 16.6. The van der Waals surface area contributed by atoms with Gasteiger partial charge in [-0.3, -0.25) is 4.79 Å². The fraction of sp³-hybridized carbons (Fsp3) is 0.0833. The number of hydrogen-bond acceptors (Lipinski definition) is 2. The van der Waals surface area contributed by atoms with Crippen LogP contribution in [0, 0.1) is 6.92 Å². The Morgan fingerprint density at radius 2 is 1.83 bits per heavy atom. The van der Waals surface area contributed by atoms with Gasteiger partial charge in [0.2, 0.25) is 0 Å². The number of carbonyl (C=O) groups is 1. The van der Waals surface area contributed by atoms with Gasteiger partial charge in [0.1, 0.15) is 17.6 Å². The highest BCUT2D eigenvalue weighted by molar-refractivity contribution is 6.30. The van der Waals surface area contributed by atoms with E-state index in [-0.39, 0.29) is 0 Å². The highest BCUT2D eigenvalue weighted by Gasteiger charge is 2.17. The van der Waals surface area contributed by atoms with Gasteiger partial charge in [-0.15, -0.1) is 0 Å². The molecule has 142 valence electrons. The van der Waals surface area contributed by atoms with Crippen LogP contribution in [-0.4, -0.2) is 20.2 Å². The van der Waals surface area contributed by atoms with Crippen molar-refractivity contribution in [2.24, 2.45) is 0 Å². The second-order valence-corrected chi connectivity index (χ2v) is 7.59. The van der Waals surface area contributed by atoms with E-state index in [1.807, 2.05) is 53.1 Å². The third kappa shape index (κ3) is 3.02. The molecule has 0 aliphatic heterocycles. The normalized spacial score (nSPS) is 11.4. The molecule has 0 aliphatic rings. The number of imidazole rings is 1. The summed E-state index contributed by atoms with van der Waals surface area (Å²) in [6.07, 6.45) is 2.75. The number of rotatable bonds is 4. The van der Waals surface area contributed by atoms with E-state index >= 15 is 0 Å². The van der Waals surface area contributed by atoms with Crippen LogP contribution in [-0.2, 0) is 6.54 Å². The number of fused-ring (bicyclic) bond motifs is 2. The van der Waals surface area contributed by atoms with Crippen molar-refractivity contribution in [2.75, 3.05) is 0 Å². The number of pyridine rings is 1. The highest BCUT2D eigenvalue weighted by Crippen LogP contribution is 2.31. The van der Waals surface area contributed by atoms with Crippen LogP contribution in [0.3, 0.4) is 0 Å². The van der Waals surface area contributed by atoms with Gasteiger partial charge in [0.25, 0.3) is 0 Å². The van der Waals surface area contributed by atoms with Crippen LogP contribution >= 0.6 is 11.6 Å². The standard InChI is InChI=1S/C24H18ClN3O/c1-16-24(26-23-12-18(15-29)10-11-27(16)23)22-13-19-4-2-3-5-21(19)28(22)14-17-6-8-20(25)9-7-17/h2-13,15H,14H2,1H3. The van der Waals surface area contributed by atoms with Crippen molar-refractivity contribution >= 4 is 34.4 Å². The summed E-state index contributed by atoms with van der Waals surface area (Å²) in [6, 6.07) is 22.1. The molecule has 5 aromatic rings. The molecule has 29 heavy (non-hydrogen) atoms. The first-order chi connectivity index (χ1) is 14.1. The lowest BCUT2D eigenvalue weighted by atomic mass is 10.2. The Morgan fingerprint density at radius 3 is 2.62 bits per heavy atom. The molecule has 0 bridgehead atoms. The summed E-state index contributed by atoms with van der Waals surface area (Å²) in [5.74, 6) is 0.